The molecule has 1 saturated heterocycles. The quantitative estimate of drug-likeness (QED) is 0.871. The third-order valence-corrected chi connectivity index (χ3v) is 3.54. The van der Waals surface area contributed by atoms with Gasteiger partial charge in [-0.25, -0.2) is 9.18 Å². The van der Waals surface area contributed by atoms with Crippen molar-refractivity contribution in [2.24, 2.45) is 0 Å². The molecule has 1 atom stereocenters. The Kier molecular flexibility index (Phi) is 4.13. The zero-order valence-corrected chi connectivity index (χ0v) is 12.6. The van der Waals surface area contributed by atoms with E-state index in [2.05, 4.69) is 15.5 Å². The number of rotatable bonds is 2. The molecule has 1 aliphatic heterocycles. The lowest BCUT2D eigenvalue weighted by Gasteiger charge is -2.19. The van der Waals surface area contributed by atoms with Crippen molar-refractivity contribution in [3.05, 3.63) is 17.8 Å². The fraction of sp³-hybridized carbons (Fsp3) is 0.643. The van der Waals surface area contributed by atoms with Crippen LogP contribution in [0.1, 0.15) is 32.9 Å². The van der Waals surface area contributed by atoms with Crippen molar-refractivity contribution < 1.29 is 14.3 Å². The maximum absolute atomic E-state index is 13.9. The fourth-order valence-electron chi connectivity index (χ4n) is 2.13. The van der Waals surface area contributed by atoms with E-state index in [9.17, 15) is 9.18 Å². The van der Waals surface area contributed by atoms with Gasteiger partial charge in [0.1, 0.15) is 0 Å². The van der Waals surface area contributed by atoms with Gasteiger partial charge in [0.05, 0.1) is 18.8 Å². The van der Waals surface area contributed by atoms with Gasteiger partial charge in [-0.1, -0.05) is 20.8 Å². The van der Waals surface area contributed by atoms with Crippen molar-refractivity contribution in [2.75, 3.05) is 25.0 Å². The highest BCUT2D eigenvalue weighted by atomic mass is 19.1. The number of alkyl halides is 1. The summed E-state index contributed by atoms with van der Waals surface area (Å²) in [5.74, 6) is 0.327. The van der Waals surface area contributed by atoms with Crippen LogP contribution in [-0.2, 0) is 5.41 Å². The first-order chi connectivity index (χ1) is 9.73. The van der Waals surface area contributed by atoms with Crippen molar-refractivity contribution in [1.29, 1.82) is 0 Å². The number of hydrogen-bond donors (Lipinski definition) is 2. The lowest BCUT2D eigenvalue weighted by molar-refractivity contribution is 0.0813. The number of carbonyl (C=O) groups is 1. The van der Waals surface area contributed by atoms with Crippen molar-refractivity contribution >= 4 is 11.8 Å². The maximum atomic E-state index is 13.9. The Morgan fingerprint density at radius 2 is 2.19 bits per heavy atom. The molecule has 6 nitrogen and oxygen atoms in total. The van der Waals surface area contributed by atoms with Crippen LogP contribution in [-0.4, -0.2) is 51.6 Å². The number of urea groups is 1. The van der Waals surface area contributed by atoms with Crippen LogP contribution in [0.25, 0.3) is 0 Å². The number of aliphatic hydroxyl groups excluding tert-OH is 1. The molecule has 1 aromatic rings. The summed E-state index contributed by atoms with van der Waals surface area (Å²) in [4.78, 5) is 13.3. The largest absolute Gasteiger partial charge is 0.393 e. The van der Waals surface area contributed by atoms with Gasteiger partial charge in [-0.3, -0.25) is 5.32 Å². The topological polar surface area (TPSA) is 78.4 Å². The van der Waals surface area contributed by atoms with E-state index in [0.717, 1.165) is 5.69 Å². The molecule has 2 N–H and O–H groups in total. The highest BCUT2D eigenvalue weighted by Crippen LogP contribution is 2.25. The summed E-state index contributed by atoms with van der Waals surface area (Å²) in [6, 6.07) is 3.05. The van der Waals surface area contributed by atoms with E-state index >= 15 is 0 Å². The Hall–Kier alpha value is -1.76. The number of hydrogen-bond acceptors (Lipinski definition) is 4. The molecule has 0 aliphatic carbocycles. The fourth-order valence-corrected chi connectivity index (χ4v) is 2.13. The number of aromatic nitrogens is 2. The van der Waals surface area contributed by atoms with Crippen LogP contribution in [0.5, 0.6) is 0 Å². The molecule has 0 bridgehead atoms. The van der Waals surface area contributed by atoms with Crippen molar-refractivity contribution in [1.82, 2.24) is 15.1 Å². The second-order valence-electron chi connectivity index (χ2n) is 6.46. The average molecular weight is 296 g/mol. The third kappa shape index (κ3) is 3.66. The van der Waals surface area contributed by atoms with Gasteiger partial charge in [0.15, 0.2) is 11.5 Å². The van der Waals surface area contributed by atoms with E-state index in [4.69, 9.17) is 5.11 Å². The van der Waals surface area contributed by atoms with E-state index in [-0.39, 0.29) is 24.9 Å². The van der Waals surface area contributed by atoms with E-state index in [1.54, 1.807) is 12.1 Å². The lowest BCUT2D eigenvalue weighted by Crippen LogP contribution is -2.38. The number of nitrogens with zero attached hydrogens (tertiary/aromatic N) is 3. The molecule has 21 heavy (non-hydrogen) atoms. The molecule has 2 amide bonds. The molecule has 1 aromatic heterocycles. The van der Waals surface area contributed by atoms with Gasteiger partial charge in [-0.15, -0.1) is 5.10 Å². The number of anilines is 1. The van der Waals surface area contributed by atoms with Crippen LogP contribution in [0.2, 0.25) is 0 Å². The second kappa shape index (κ2) is 5.55. The molecule has 116 valence electrons. The summed E-state index contributed by atoms with van der Waals surface area (Å²) in [7, 11) is 0. The van der Waals surface area contributed by atoms with Gasteiger partial charge in [-0.2, -0.15) is 5.10 Å². The van der Waals surface area contributed by atoms with Crippen LogP contribution >= 0.6 is 0 Å². The normalized spacial score (nSPS) is 22.4. The van der Waals surface area contributed by atoms with E-state index in [1.165, 1.54) is 4.90 Å². The van der Waals surface area contributed by atoms with Gasteiger partial charge in [0.2, 0.25) is 0 Å². The summed E-state index contributed by atoms with van der Waals surface area (Å²) < 4.78 is 13.9. The van der Waals surface area contributed by atoms with Crippen LogP contribution in [0.15, 0.2) is 12.1 Å². The first-order valence-corrected chi connectivity index (χ1v) is 6.93. The first-order valence-electron chi connectivity index (χ1n) is 6.93. The Balaban J connectivity index is 1.98. The Morgan fingerprint density at radius 1 is 1.48 bits per heavy atom. The summed E-state index contributed by atoms with van der Waals surface area (Å²) in [5, 5.41) is 19.6. The van der Waals surface area contributed by atoms with E-state index in [1.807, 2.05) is 20.8 Å². The maximum Gasteiger partial charge on any atom is 0.323 e. The van der Waals surface area contributed by atoms with E-state index in [0.29, 0.717) is 5.82 Å². The summed E-state index contributed by atoms with van der Waals surface area (Å²) >= 11 is 0. The lowest BCUT2D eigenvalue weighted by atomic mass is 9.92. The molecule has 2 rings (SSSR count). The highest BCUT2D eigenvalue weighted by molar-refractivity contribution is 5.88. The molecular weight excluding hydrogens is 275 g/mol. The Morgan fingerprint density at radius 3 is 2.67 bits per heavy atom. The number of carbonyl (C=O) groups excluding carboxylic acids is 1. The van der Waals surface area contributed by atoms with Crippen molar-refractivity contribution in [2.45, 2.75) is 38.3 Å². The number of amides is 2. The van der Waals surface area contributed by atoms with Gasteiger partial charge >= 0.3 is 6.03 Å². The SMILES string of the molecule is CC(C)(C)c1ccc(NC(=O)N2CCC(F)(CO)C2)nn1. The number of halogens is 1. The molecule has 1 unspecified atom stereocenters. The standard InChI is InChI=1S/C14H21FN4O2/c1-13(2,3)10-4-5-11(18-17-10)16-12(21)19-7-6-14(15,8-19)9-20/h4-5,20H,6-9H2,1-3H3,(H,16,18,21). The minimum atomic E-state index is -1.70. The second-order valence-corrected chi connectivity index (χ2v) is 6.46. The van der Waals surface area contributed by atoms with Crippen LogP contribution < -0.4 is 5.32 Å². The van der Waals surface area contributed by atoms with Gasteiger partial charge in [0.25, 0.3) is 0 Å². The molecule has 7 heteroatoms. The minimum Gasteiger partial charge on any atom is -0.393 e. The van der Waals surface area contributed by atoms with Gasteiger partial charge in [0, 0.05) is 18.4 Å². The highest BCUT2D eigenvalue weighted by Gasteiger charge is 2.39. The number of nitrogens with one attached hydrogen (secondary N) is 1. The number of likely N-dealkylation sites (tertiary alicyclic amines) is 1. The molecule has 0 radical (unpaired) electrons. The van der Waals surface area contributed by atoms with Crippen molar-refractivity contribution in [3.63, 3.8) is 0 Å². The molecular formula is C14H21FN4O2. The van der Waals surface area contributed by atoms with Crippen LogP contribution in [0, 0.1) is 0 Å². The molecule has 2 heterocycles. The Bertz CT molecular complexity index is 515. The zero-order chi connectivity index (χ0) is 15.7. The monoisotopic (exact) mass is 296 g/mol. The summed E-state index contributed by atoms with van der Waals surface area (Å²) in [6.07, 6.45) is 0.144. The predicted octanol–water partition coefficient (Wildman–Crippen LogP) is 1.71. The zero-order valence-electron chi connectivity index (χ0n) is 12.6. The third-order valence-electron chi connectivity index (χ3n) is 3.54. The average Bonchev–Trinajstić information content (AvgIpc) is 2.82. The smallest absolute Gasteiger partial charge is 0.323 e. The van der Waals surface area contributed by atoms with Gasteiger partial charge in [-0.05, 0) is 12.1 Å². The number of aliphatic hydroxyl groups is 1. The van der Waals surface area contributed by atoms with Gasteiger partial charge < -0.3 is 10.0 Å². The first kappa shape index (κ1) is 15.6. The minimum absolute atomic E-state index is 0.108. The molecule has 0 saturated carbocycles. The van der Waals surface area contributed by atoms with Crippen LogP contribution in [0.4, 0.5) is 15.0 Å². The molecule has 1 fully saturated rings. The van der Waals surface area contributed by atoms with Crippen LogP contribution in [0.3, 0.4) is 0 Å². The summed E-state index contributed by atoms with van der Waals surface area (Å²) in [5.41, 5.74) is -0.983. The van der Waals surface area contributed by atoms with Crippen molar-refractivity contribution in [3.8, 4) is 0 Å². The van der Waals surface area contributed by atoms with E-state index < -0.39 is 18.3 Å². The molecule has 1 aliphatic rings. The predicted molar refractivity (Wildman–Crippen MR) is 76.9 cm³/mol. The summed E-state index contributed by atoms with van der Waals surface area (Å²) in [6.45, 7) is 5.66. The Labute approximate surface area is 123 Å². The molecule has 0 spiro atoms. The molecule has 0 aromatic carbocycles.